The molecule has 0 aliphatic heterocycles. The summed E-state index contributed by atoms with van der Waals surface area (Å²) in [5.41, 5.74) is 2.75. The second-order valence-corrected chi connectivity index (χ2v) is 4.02. The summed E-state index contributed by atoms with van der Waals surface area (Å²) in [5.74, 6) is 0.889. The van der Waals surface area contributed by atoms with Crippen molar-refractivity contribution in [1.29, 1.82) is 5.26 Å². The van der Waals surface area contributed by atoms with Crippen LogP contribution < -0.4 is 4.90 Å². The van der Waals surface area contributed by atoms with Gasteiger partial charge in [0.15, 0.2) is 0 Å². The van der Waals surface area contributed by atoms with Crippen molar-refractivity contribution in [1.82, 2.24) is 0 Å². The molecule has 0 spiro atoms. The minimum Gasteiger partial charge on any atom is -0.467 e. The molecule has 0 bridgehead atoms. The van der Waals surface area contributed by atoms with Crippen LogP contribution in [-0.4, -0.2) is 7.05 Å². The van der Waals surface area contributed by atoms with Crippen LogP contribution in [-0.2, 0) is 6.54 Å². The van der Waals surface area contributed by atoms with E-state index in [4.69, 9.17) is 9.68 Å². The number of rotatable bonds is 3. The van der Waals surface area contributed by atoms with Gasteiger partial charge >= 0.3 is 0 Å². The summed E-state index contributed by atoms with van der Waals surface area (Å²) in [6, 6.07) is 11.8. The summed E-state index contributed by atoms with van der Waals surface area (Å²) < 4.78 is 5.31. The van der Waals surface area contributed by atoms with Gasteiger partial charge in [-0.2, -0.15) is 5.26 Å². The van der Waals surface area contributed by atoms with E-state index >= 15 is 0 Å². The molecule has 0 amide bonds. The van der Waals surface area contributed by atoms with E-state index in [1.54, 1.807) is 6.26 Å². The Hall–Kier alpha value is -2.21. The highest BCUT2D eigenvalue weighted by Gasteiger charge is 2.11. The SMILES string of the molecule is Cc1cccc(C#N)c1N(C)Cc1ccco1. The smallest absolute Gasteiger partial charge is 0.123 e. The Morgan fingerprint density at radius 3 is 2.76 bits per heavy atom. The molecule has 3 heteroatoms. The van der Waals surface area contributed by atoms with Crippen LogP contribution in [0.15, 0.2) is 41.0 Å². The molecule has 0 N–H and O–H groups in total. The van der Waals surface area contributed by atoms with Crippen LogP contribution >= 0.6 is 0 Å². The zero-order valence-electron chi connectivity index (χ0n) is 9.97. The van der Waals surface area contributed by atoms with Crippen LogP contribution in [0.1, 0.15) is 16.9 Å². The van der Waals surface area contributed by atoms with Crippen molar-refractivity contribution in [3.05, 3.63) is 53.5 Å². The number of hydrogen-bond acceptors (Lipinski definition) is 3. The number of furan rings is 1. The highest BCUT2D eigenvalue weighted by Crippen LogP contribution is 2.24. The Bertz CT molecular complexity index is 538. The summed E-state index contributed by atoms with van der Waals surface area (Å²) in [7, 11) is 1.96. The topological polar surface area (TPSA) is 40.2 Å². The van der Waals surface area contributed by atoms with E-state index in [1.165, 1.54) is 0 Å². The molecule has 2 rings (SSSR count). The molecular formula is C14H14N2O. The average molecular weight is 226 g/mol. The lowest BCUT2D eigenvalue weighted by Crippen LogP contribution is -2.18. The number of aryl methyl sites for hydroxylation is 1. The number of benzene rings is 1. The van der Waals surface area contributed by atoms with Gasteiger partial charge in [0.2, 0.25) is 0 Å². The van der Waals surface area contributed by atoms with Gasteiger partial charge in [0.25, 0.3) is 0 Å². The van der Waals surface area contributed by atoms with E-state index in [9.17, 15) is 0 Å². The van der Waals surface area contributed by atoms with E-state index in [1.807, 2.05) is 49.2 Å². The first-order valence-electron chi connectivity index (χ1n) is 5.45. The van der Waals surface area contributed by atoms with Gasteiger partial charge in [0.1, 0.15) is 11.8 Å². The predicted octanol–water partition coefficient (Wildman–Crippen LogP) is 3.10. The third kappa shape index (κ3) is 2.31. The van der Waals surface area contributed by atoms with E-state index in [0.717, 1.165) is 17.0 Å². The highest BCUT2D eigenvalue weighted by molar-refractivity contribution is 5.63. The van der Waals surface area contributed by atoms with Crippen molar-refractivity contribution in [3.8, 4) is 6.07 Å². The maximum absolute atomic E-state index is 9.12. The van der Waals surface area contributed by atoms with Crippen LogP contribution in [0.4, 0.5) is 5.69 Å². The van der Waals surface area contributed by atoms with Crippen LogP contribution in [0.3, 0.4) is 0 Å². The second-order valence-electron chi connectivity index (χ2n) is 4.02. The molecule has 3 nitrogen and oxygen atoms in total. The van der Waals surface area contributed by atoms with Gasteiger partial charge in [-0.1, -0.05) is 12.1 Å². The fourth-order valence-electron chi connectivity index (χ4n) is 1.97. The highest BCUT2D eigenvalue weighted by atomic mass is 16.3. The summed E-state index contributed by atoms with van der Waals surface area (Å²) >= 11 is 0. The van der Waals surface area contributed by atoms with E-state index in [-0.39, 0.29) is 0 Å². The van der Waals surface area contributed by atoms with Gasteiger partial charge in [0, 0.05) is 7.05 Å². The lowest BCUT2D eigenvalue weighted by molar-refractivity contribution is 0.507. The van der Waals surface area contributed by atoms with Crippen LogP contribution in [0.2, 0.25) is 0 Å². The molecule has 17 heavy (non-hydrogen) atoms. The van der Waals surface area contributed by atoms with Crippen molar-refractivity contribution in [2.45, 2.75) is 13.5 Å². The first-order chi connectivity index (χ1) is 8.22. The number of anilines is 1. The summed E-state index contributed by atoms with van der Waals surface area (Å²) in [6.07, 6.45) is 1.66. The number of nitrogens with zero attached hydrogens (tertiary/aromatic N) is 2. The monoisotopic (exact) mass is 226 g/mol. The van der Waals surface area contributed by atoms with Gasteiger partial charge in [-0.15, -0.1) is 0 Å². The Labute approximate surface area is 101 Å². The molecule has 0 saturated heterocycles. The zero-order chi connectivity index (χ0) is 12.3. The van der Waals surface area contributed by atoms with Crippen molar-refractivity contribution in [3.63, 3.8) is 0 Å². The molecule has 0 fully saturated rings. The fraction of sp³-hybridized carbons (Fsp3) is 0.214. The molecule has 0 radical (unpaired) electrons. The van der Waals surface area contributed by atoms with E-state index < -0.39 is 0 Å². The largest absolute Gasteiger partial charge is 0.467 e. The summed E-state index contributed by atoms with van der Waals surface area (Å²) in [6.45, 7) is 2.67. The van der Waals surface area contributed by atoms with Crippen LogP contribution in [0, 0.1) is 18.3 Å². The van der Waals surface area contributed by atoms with Crippen LogP contribution in [0.25, 0.3) is 0 Å². The molecular weight excluding hydrogens is 212 g/mol. The Balaban J connectivity index is 2.31. The maximum Gasteiger partial charge on any atom is 0.123 e. The molecule has 0 unspecified atom stereocenters. The number of nitriles is 1. The van der Waals surface area contributed by atoms with Crippen molar-refractivity contribution >= 4 is 5.69 Å². The van der Waals surface area contributed by atoms with Gasteiger partial charge in [-0.05, 0) is 30.7 Å². The van der Waals surface area contributed by atoms with E-state index in [2.05, 4.69) is 6.07 Å². The van der Waals surface area contributed by atoms with Crippen LogP contribution in [0.5, 0.6) is 0 Å². The third-order valence-electron chi connectivity index (χ3n) is 2.71. The average Bonchev–Trinajstić information content (AvgIpc) is 2.81. The van der Waals surface area contributed by atoms with Gasteiger partial charge in [-0.3, -0.25) is 0 Å². The lowest BCUT2D eigenvalue weighted by Gasteiger charge is -2.21. The zero-order valence-corrected chi connectivity index (χ0v) is 9.97. The fourth-order valence-corrected chi connectivity index (χ4v) is 1.97. The molecule has 0 aliphatic rings. The molecule has 0 saturated carbocycles. The molecule has 1 aromatic heterocycles. The third-order valence-corrected chi connectivity index (χ3v) is 2.71. The van der Waals surface area contributed by atoms with Crippen molar-refractivity contribution in [2.24, 2.45) is 0 Å². The van der Waals surface area contributed by atoms with Crippen molar-refractivity contribution < 1.29 is 4.42 Å². The Morgan fingerprint density at radius 2 is 2.12 bits per heavy atom. The Morgan fingerprint density at radius 1 is 1.29 bits per heavy atom. The molecule has 0 atom stereocenters. The quantitative estimate of drug-likeness (QED) is 0.807. The van der Waals surface area contributed by atoms with Gasteiger partial charge < -0.3 is 9.32 Å². The molecule has 2 aromatic rings. The minimum absolute atomic E-state index is 0.659. The minimum atomic E-state index is 0.659. The molecule has 0 aliphatic carbocycles. The normalized spacial score (nSPS) is 9.94. The van der Waals surface area contributed by atoms with Gasteiger partial charge in [-0.25, -0.2) is 0 Å². The summed E-state index contributed by atoms with van der Waals surface area (Å²) in [4.78, 5) is 2.03. The van der Waals surface area contributed by atoms with Crippen molar-refractivity contribution in [2.75, 3.05) is 11.9 Å². The molecule has 1 heterocycles. The van der Waals surface area contributed by atoms with E-state index in [0.29, 0.717) is 12.1 Å². The lowest BCUT2D eigenvalue weighted by atomic mass is 10.1. The van der Waals surface area contributed by atoms with Gasteiger partial charge in [0.05, 0.1) is 24.1 Å². The molecule has 1 aromatic carbocycles. The second kappa shape index (κ2) is 4.75. The first-order valence-corrected chi connectivity index (χ1v) is 5.45. The molecule has 86 valence electrons. The Kier molecular flexibility index (Phi) is 3.15. The standard InChI is InChI=1S/C14H14N2O/c1-11-5-3-6-12(9-15)14(11)16(2)10-13-7-4-8-17-13/h3-8H,10H2,1-2H3. The number of para-hydroxylation sites is 1. The first kappa shape index (κ1) is 11.3. The predicted molar refractivity (Wildman–Crippen MR) is 66.7 cm³/mol. The maximum atomic E-state index is 9.12. The summed E-state index contributed by atoms with van der Waals surface area (Å²) in [5, 5.41) is 9.12. The number of hydrogen-bond donors (Lipinski definition) is 0.